The minimum Gasteiger partial charge on any atom is -0.465 e. The lowest BCUT2D eigenvalue weighted by Gasteiger charge is -2.12. The normalized spacial score (nSPS) is 12.3. The summed E-state index contributed by atoms with van der Waals surface area (Å²) in [7, 11) is 0. The Morgan fingerprint density at radius 3 is 1.52 bits per heavy atom. The Labute approximate surface area is 171 Å². The third-order valence-corrected chi connectivity index (χ3v) is 5.56. The average Bonchev–Trinajstić information content (AvgIpc) is 2.67. The third-order valence-electron chi connectivity index (χ3n) is 5.56. The Bertz CT molecular complexity index is 301. The molecule has 0 aromatic heterocycles. The van der Waals surface area contributed by atoms with Gasteiger partial charge in [-0.2, -0.15) is 0 Å². The Hall–Kier alpha value is -0.530. The zero-order chi connectivity index (χ0) is 20.0. The second-order valence-electron chi connectivity index (χ2n) is 8.63. The van der Waals surface area contributed by atoms with E-state index in [2.05, 4.69) is 20.8 Å². The van der Waals surface area contributed by atoms with Gasteiger partial charge in [0.1, 0.15) is 0 Å². The van der Waals surface area contributed by atoms with E-state index in [-0.39, 0.29) is 5.97 Å². The highest BCUT2D eigenvalue weighted by atomic mass is 16.5. The minimum absolute atomic E-state index is 0.0125. The first-order valence-electron chi connectivity index (χ1n) is 12.4. The van der Waals surface area contributed by atoms with Gasteiger partial charge >= 0.3 is 5.97 Å². The first-order chi connectivity index (χ1) is 13.2. The molecule has 0 spiro atoms. The smallest absolute Gasteiger partial charge is 0.305 e. The van der Waals surface area contributed by atoms with Crippen LogP contribution in [0, 0.1) is 5.92 Å². The first-order valence-corrected chi connectivity index (χ1v) is 12.4. The predicted octanol–water partition coefficient (Wildman–Crippen LogP) is 8.62. The maximum atomic E-state index is 11.8. The zero-order valence-corrected chi connectivity index (χ0v) is 19.0. The molecule has 0 saturated heterocycles. The van der Waals surface area contributed by atoms with Gasteiger partial charge in [-0.15, -0.1) is 0 Å². The number of rotatable bonds is 21. The summed E-state index contributed by atoms with van der Waals surface area (Å²) >= 11 is 0. The van der Waals surface area contributed by atoms with Crippen LogP contribution in [0.15, 0.2) is 0 Å². The van der Waals surface area contributed by atoms with Gasteiger partial charge in [-0.25, -0.2) is 0 Å². The zero-order valence-electron chi connectivity index (χ0n) is 19.0. The fraction of sp³-hybridized carbons (Fsp3) is 0.960. The number of hydrogen-bond acceptors (Lipinski definition) is 2. The van der Waals surface area contributed by atoms with E-state index in [1.807, 2.05) is 0 Å². The molecule has 27 heavy (non-hydrogen) atoms. The van der Waals surface area contributed by atoms with Gasteiger partial charge in [-0.05, 0) is 18.8 Å². The lowest BCUT2D eigenvalue weighted by Crippen LogP contribution is -2.11. The Balaban J connectivity index is 3.25. The summed E-state index contributed by atoms with van der Waals surface area (Å²) in [5.41, 5.74) is 0. The molecular formula is C25H50O2. The van der Waals surface area contributed by atoms with Gasteiger partial charge in [0, 0.05) is 6.42 Å². The standard InChI is InChI=1S/C25H50O2/c1-4-6-8-10-11-12-13-14-15-16-17-18-20-22-25(26)27-23-24(3)21-19-9-7-5-2/h24H,4-23H2,1-3H3. The van der Waals surface area contributed by atoms with Gasteiger partial charge in [0.15, 0.2) is 0 Å². The van der Waals surface area contributed by atoms with Gasteiger partial charge in [-0.3, -0.25) is 4.79 Å². The van der Waals surface area contributed by atoms with Crippen molar-refractivity contribution in [3.63, 3.8) is 0 Å². The van der Waals surface area contributed by atoms with Crippen LogP contribution in [0.2, 0.25) is 0 Å². The number of carbonyl (C=O) groups is 1. The van der Waals surface area contributed by atoms with Gasteiger partial charge in [0.25, 0.3) is 0 Å². The van der Waals surface area contributed by atoms with Gasteiger partial charge < -0.3 is 4.74 Å². The van der Waals surface area contributed by atoms with Gasteiger partial charge in [0.05, 0.1) is 6.61 Å². The summed E-state index contributed by atoms with van der Waals surface area (Å²) in [4.78, 5) is 11.8. The number of hydrogen-bond donors (Lipinski definition) is 0. The first kappa shape index (κ1) is 26.5. The van der Waals surface area contributed by atoms with E-state index < -0.39 is 0 Å². The molecular weight excluding hydrogens is 332 g/mol. The molecule has 0 saturated carbocycles. The van der Waals surface area contributed by atoms with Crippen molar-refractivity contribution in [2.45, 2.75) is 143 Å². The molecule has 2 nitrogen and oxygen atoms in total. The predicted molar refractivity (Wildman–Crippen MR) is 119 cm³/mol. The van der Waals surface area contributed by atoms with Crippen LogP contribution in [-0.2, 0) is 9.53 Å². The molecule has 0 bridgehead atoms. The molecule has 0 aromatic rings. The molecule has 162 valence electrons. The van der Waals surface area contributed by atoms with Crippen molar-refractivity contribution < 1.29 is 9.53 Å². The Morgan fingerprint density at radius 1 is 0.630 bits per heavy atom. The van der Waals surface area contributed by atoms with Crippen molar-refractivity contribution in [1.29, 1.82) is 0 Å². The number of unbranched alkanes of at least 4 members (excludes halogenated alkanes) is 15. The lowest BCUT2D eigenvalue weighted by molar-refractivity contribution is -0.145. The molecule has 0 aliphatic carbocycles. The van der Waals surface area contributed by atoms with E-state index in [0.717, 1.165) is 6.42 Å². The van der Waals surface area contributed by atoms with Crippen LogP contribution in [0.3, 0.4) is 0 Å². The van der Waals surface area contributed by atoms with E-state index in [4.69, 9.17) is 4.74 Å². The summed E-state index contributed by atoms with van der Waals surface area (Å²) < 4.78 is 5.43. The molecule has 0 amide bonds. The molecule has 0 fully saturated rings. The molecule has 0 aromatic carbocycles. The molecule has 0 radical (unpaired) electrons. The van der Waals surface area contributed by atoms with Crippen LogP contribution in [0.4, 0.5) is 0 Å². The van der Waals surface area contributed by atoms with Crippen molar-refractivity contribution in [3.05, 3.63) is 0 Å². The van der Waals surface area contributed by atoms with Crippen molar-refractivity contribution in [3.8, 4) is 0 Å². The minimum atomic E-state index is 0.0125. The molecule has 1 atom stereocenters. The van der Waals surface area contributed by atoms with Gasteiger partial charge in [0.2, 0.25) is 0 Å². The maximum absolute atomic E-state index is 11.8. The SMILES string of the molecule is CCCCCCCCCCCCCCCC(=O)OCC(C)CCCCCC. The van der Waals surface area contributed by atoms with Crippen LogP contribution >= 0.6 is 0 Å². The second kappa shape index (κ2) is 21.8. The third kappa shape index (κ3) is 21.6. The van der Waals surface area contributed by atoms with Crippen LogP contribution in [0.1, 0.15) is 143 Å². The topological polar surface area (TPSA) is 26.3 Å². The van der Waals surface area contributed by atoms with Gasteiger partial charge in [-0.1, -0.05) is 124 Å². The fourth-order valence-corrected chi connectivity index (χ4v) is 3.60. The molecule has 0 N–H and O–H groups in total. The van der Waals surface area contributed by atoms with Crippen molar-refractivity contribution in [2.24, 2.45) is 5.92 Å². The Kier molecular flexibility index (Phi) is 21.3. The summed E-state index contributed by atoms with van der Waals surface area (Å²) in [6.45, 7) is 7.33. The number of ether oxygens (including phenoxy) is 1. The highest BCUT2D eigenvalue weighted by Crippen LogP contribution is 2.14. The van der Waals surface area contributed by atoms with Crippen LogP contribution < -0.4 is 0 Å². The molecule has 0 aliphatic heterocycles. The Morgan fingerprint density at radius 2 is 1.04 bits per heavy atom. The van der Waals surface area contributed by atoms with Crippen molar-refractivity contribution in [2.75, 3.05) is 6.61 Å². The summed E-state index contributed by atoms with van der Waals surface area (Å²) in [5.74, 6) is 0.524. The second-order valence-corrected chi connectivity index (χ2v) is 8.63. The molecule has 0 aliphatic rings. The molecule has 2 heteroatoms. The fourth-order valence-electron chi connectivity index (χ4n) is 3.60. The quantitative estimate of drug-likeness (QED) is 0.147. The average molecular weight is 383 g/mol. The van der Waals surface area contributed by atoms with E-state index in [1.165, 1.54) is 109 Å². The molecule has 1 unspecified atom stereocenters. The maximum Gasteiger partial charge on any atom is 0.305 e. The van der Waals surface area contributed by atoms with Crippen molar-refractivity contribution >= 4 is 5.97 Å². The van der Waals surface area contributed by atoms with E-state index in [9.17, 15) is 4.79 Å². The van der Waals surface area contributed by atoms with Crippen LogP contribution in [0.5, 0.6) is 0 Å². The lowest BCUT2D eigenvalue weighted by atomic mass is 10.0. The highest BCUT2D eigenvalue weighted by Gasteiger charge is 2.07. The molecule has 0 heterocycles. The van der Waals surface area contributed by atoms with E-state index in [1.54, 1.807) is 0 Å². The van der Waals surface area contributed by atoms with E-state index in [0.29, 0.717) is 18.9 Å². The summed E-state index contributed by atoms with van der Waals surface area (Å²) in [6, 6.07) is 0. The number of carbonyl (C=O) groups excluding carboxylic acids is 1. The summed E-state index contributed by atoms with van der Waals surface area (Å²) in [5, 5.41) is 0. The number of esters is 1. The monoisotopic (exact) mass is 382 g/mol. The van der Waals surface area contributed by atoms with Crippen LogP contribution in [-0.4, -0.2) is 12.6 Å². The summed E-state index contributed by atoms with van der Waals surface area (Å²) in [6.07, 6.45) is 24.4. The van der Waals surface area contributed by atoms with Crippen molar-refractivity contribution in [1.82, 2.24) is 0 Å². The highest BCUT2D eigenvalue weighted by molar-refractivity contribution is 5.69. The van der Waals surface area contributed by atoms with Crippen LogP contribution in [0.25, 0.3) is 0 Å². The molecule has 0 rings (SSSR count). The van der Waals surface area contributed by atoms with E-state index >= 15 is 0 Å². The largest absolute Gasteiger partial charge is 0.465 e.